The van der Waals surface area contributed by atoms with Crippen LogP contribution in [0.2, 0.25) is 0 Å². The summed E-state index contributed by atoms with van der Waals surface area (Å²) in [7, 11) is 0. The third kappa shape index (κ3) is 4.98. The van der Waals surface area contributed by atoms with Crippen LogP contribution in [0, 0.1) is 0 Å². The highest BCUT2D eigenvalue weighted by Gasteiger charge is 2.33. The minimum absolute atomic E-state index is 0.0711. The molecule has 0 unspecified atom stereocenters. The van der Waals surface area contributed by atoms with Gasteiger partial charge in [-0.3, -0.25) is 20.4 Å². The first-order valence-electron chi connectivity index (χ1n) is 6.90. The van der Waals surface area contributed by atoms with Gasteiger partial charge in [0.2, 0.25) is 5.91 Å². The van der Waals surface area contributed by atoms with Crippen molar-refractivity contribution in [2.24, 2.45) is 0 Å². The van der Waals surface area contributed by atoms with Crippen molar-refractivity contribution in [1.82, 2.24) is 10.7 Å². The molecule has 3 N–H and O–H groups in total. The topological polar surface area (TPSA) is 70.2 Å². The predicted octanol–water partition coefficient (Wildman–Crippen LogP) is 3.03. The highest BCUT2D eigenvalue weighted by molar-refractivity contribution is 7.12. The standard InChI is InChI=1S/C15H14F3N3O2S/c16-15(17,18)10-4-1-2-5-11(10)20-21-13(22)7-8-19-14(23)12-6-3-9-24-12/h1-6,9,20H,7-8H2,(H,19,23)(H,21,22). The molecule has 0 atom stereocenters. The molecule has 0 spiro atoms. The van der Waals surface area contributed by atoms with Crippen LogP contribution < -0.4 is 16.2 Å². The van der Waals surface area contributed by atoms with Gasteiger partial charge in [-0.05, 0) is 23.6 Å². The van der Waals surface area contributed by atoms with Crippen molar-refractivity contribution >= 4 is 28.8 Å². The molecule has 2 amide bonds. The Labute approximate surface area is 139 Å². The Morgan fingerprint density at radius 2 is 1.83 bits per heavy atom. The molecule has 2 aromatic rings. The molecule has 0 aliphatic carbocycles. The molecule has 2 rings (SSSR count). The van der Waals surface area contributed by atoms with Crippen LogP contribution in [0.3, 0.4) is 0 Å². The first-order valence-corrected chi connectivity index (χ1v) is 7.78. The average Bonchev–Trinajstić information content (AvgIpc) is 3.07. The molecule has 24 heavy (non-hydrogen) atoms. The number of hydrogen-bond acceptors (Lipinski definition) is 4. The van der Waals surface area contributed by atoms with Crippen LogP contribution >= 0.6 is 11.3 Å². The number of carbonyl (C=O) groups is 2. The number of anilines is 1. The number of halogens is 3. The summed E-state index contributed by atoms with van der Waals surface area (Å²) in [6.07, 6.45) is -4.60. The van der Waals surface area contributed by atoms with Crippen LogP contribution in [-0.2, 0) is 11.0 Å². The maximum atomic E-state index is 12.8. The molecule has 1 aromatic carbocycles. The van der Waals surface area contributed by atoms with E-state index < -0.39 is 17.6 Å². The molecule has 0 aliphatic heterocycles. The second-order valence-electron chi connectivity index (χ2n) is 4.70. The predicted molar refractivity (Wildman–Crippen MR) is 84.5 cm³/mol. The van der Waals surface area contributed by atoms with Crippen LogP contribution in [-0.4, -0.2) is 18.4 Å². The first kappa shape index (κ1) is 17.8. The third-order valence-electron chi connectivity index (χ3n) is 2.95. The molecule has 0 radical (unpaired) electrons. The lowest BCUT2D eigenvalue weighted by atomic mass is 10.2. The van der Waals surface area contributed by atoms with Crippen molar-refractivity contribution in [2.45, 2.75) is 12.6 Å². The van der Waals surface area contributed by atoms with E-state index in [0.717, 1.165) is 6.07 Å². The summed E-state index contributed by atoms with van der Waals surface area (Å²) >= 11 is 1.27. The minimum Gasteiger partial charge on any atom is -0.351 e. The Morgan fingerprint density at radius 3 is 2.50 bits per heavy atom. The lowest BCUT2D eigenvalue weighted by Gasteiger charge is -2.15. The van der Waals surface area contributed by atoms with Gasteiger partial charge in [0.05, 0.1) is 16.1 Å². The van der Waals surface area contributed by atoms with E-state index in [1.807, 2.05) is 0 Å². The lowest BCUT2D eigenvalue weighted by molar-refractivity contribution is -0.137. The summed E-state index contributed by atoms with van der Waals surface area (Å²) in [6, 6.07) is 8.18. The SMILES string of the molecule is O=C(CCNC(=O)c1cccs1)NNc1ccccc1C(F)(F)F. The van der Waals surface area contributed by atoms with Crippen molar-refractivity contribution in [2.75, 3.05) is 12.0 Å². The molecule has 0 aliphatic rings. The number of alkyl halides is 3. The number of rotatable bonds is 6. The molecule has 5 nitrogen and oxygen atoms in total. The van der Waals surface area contributed by atoms with Gasteiger partial charge in [0.1, 0.15) is 0 Å². The van der Waals surface area contributed by atoms with E-state index in [4.69, 9.17) is 0 Å². The molecule has 0 bridgehead atoms. The number of hydrogen-bond donors (Lipinski definition) is 3. The summed E-state index contributed by atoms with van der Waals surface area (Å²) in [5, 5.41) is 4.31. The largest absolute Gasteiger partial charge is 0.418 e. The Morgan fingerprint density at radius 1 is 1.08 bits per heavy atom. The number of nitrogens with one attached hydrogen (secondary N) is 3. The van der Waals surface area contributed by atoms with E-state index in [9.17, 15) is 22.8 Å². The molecule has 1 heterocycles. The van der Waals surface area contributed by atoms with Crippen LogP contribution in [0.5, 0.6) is 0 Å². The van der Waals surface area contributed by atoms with Gasteiger partial charge >= 0.3 is 6.18 Å². The smallest absolute Gasteiger partial charge is 0.351 e. The maximum Gasteiger partial charge on any atom is 0.418 e. The van der Waals surface area contributed by atoms with Crippen molar-refractivity contribution < 1.29 is 22.8 Å². The Kier molecular flexibility index (Phi) is 5.80. The number of amides is 2. The van der Waals surface area contributed by atoms with Gasteiger partial charge in [-0.25, -0.2) is 0 Å². The van der Waals surface area contributed by atoms with Gasteiger partial charge in [-0.15, -0.1) is 11.3 Å². The quantitative estimate of drug-likeness (QED) is 0.696. The second-order valence-corrected chi connectivity index (χ2v) is 5.65. The number of benzene rings is 1. The Balaban J connectivity index is 1.79. The molecular weight excluding hydrogens is 343 g/mol. The molecule has 128 valence electrons. The normalized spacial score (nSPS) is 11.0. The van der Waals surface area contributed by atoms with Crippen molar-refractivity contribution in [1.29, 1.82) is 0 Å². The highest BCUT2D eigenvalue weighted by Crippen LogP contribution is 2.34. The van der Waals surface area contributed by atoms with Crippen LogP contribution in [0.25, 0.3) is 0 Å². The van der Waals surface area contributed by atoms with Gasteiger partial charge in [-0.1, -0.05) is 18.2 Å². The zero-order chi connectivity index (χ0) is 17.6. The van der Waals surface area contributed by atoms with E-state index >= 15 is 0 Å². The summed E-state index contributed by atoms with van der Waals surface area (Å²) in [4.78, 5) is 23.8. The van der Waals surface area contributed by atoms with Crippen molar-refractivity contribution in [3.63, 3.8) is 0 Å². The first-order chi connectivity index (χ1) is 11.4. The molecule has 0 saturated heterocycles. The van der Waals surface area contributed by atoms with E-state index in [-0.39, 0.29) is 24.6 Å². The zero-order valence-electron chi connectivity index (χ0n) is 12.3. The number of hydrazine groups is 1. The summed E-state index contributed by atoms with van der Waals surface area (Å²) in [6.45, 7) is 0.0746. The van der Waals surface area contributed by atoms with Gasteiger partial charge in [-0.2, -0.15) is 13.2 Å². The van der Waals surface area contributed by atoms with E-state index in [0.29, 0.717) is 4.88 Å². The summed E-state index contributed by atoms with van der Waals surface area (Å²) in [5.41, 5.74) is 3.31. The average molecular weight is 357 g/mol. The van der Waals surface area contributed by atoms with E-state index in [1.54, 1.807) is 17.5 Å². The summed E-state index contributed by atoms with van der Waals surface area (Å²) < 4.78 is 38.4. The van der Waals surface area contributed by atoms with Crippen molar-refractivity contribution in [3.8, 4) is 0 Å². The molecular formula is C15H14F3N3O2S. The Hall–Kier alpha value is -2.55. The van der Waals surface area contributed by atoms with Crippen LogP contribution in [0.15, 0.2) is 41.8 Å². The van der Waals surface area contributed by atoms with E-state index in [2.05, 4.69) is 16.2 Å². The molecule has 0 fully saturated rings. The highest BCUT2D eigenvalue weighted by atomic mass is 32.1. The summed E-state index contributed by atoms with van der Waals surface area (Å²) in [5.74, 6) is -0.841. The van der Waals surface area contributed by atoms with Gasteiger partial charge < -0.3 is 5.32 Å². The lowest BCUT2D eigenvalue weighted by Crippen LogP contribution is -2.34. The van der Waals surface area contributed by atoms with Gasteiger partial charge in [0.15, 0.2) is 0 Å². The van der Waals surface area contributed by atoms with Crippen molar-refractivity contribution in [3.05, 3.63) is 52.2 Å². The maximum absolute atomic E-state index is 12.8. The Bertz CT molecular complexity index is 702. The molecule has 1 aromatic heterocycles. The second kappa shape index (κ2) is 7.82. The number of thiophene rings is 1. The zero-order valence-corrected chi connectivity index (χ0v) is 13.1. The minimum atomic E-state index is -4.52. The van der Waals surface area contributed by atoms with Gasteiger partial charge in [0.25, 0.3) is 5.91 Å². The van der Waals surface area contributed by atoms with E-state index in [1.165, 1.54) is 29.5 Å². The monoisotopic (exact) mass is 357 g/mol. The fourth-order valence-electron chi connectivity index (χ4n) is 1.82. The fourth-order valence-corrected chi connectivity index (χ4v) is 2.46. The number of para-hydroxylation sites is 1. The molecule has 9 heteroatoms. The number of carbonyl (C=O) groups excluding carboxylic acids is 2. The third-order valence-corrected chi connectivity index (χ3v) is 3.82. The van der Waals surface area contributed by atoms with Crippen LogP contribution in [0.4, 0.5) is 18.9 Å². The molecule has 0 saturated carbocycles. The fraction of sp³-hybridized carbons (Fsp3) is 0.200. The van der Waals surface area contributed by atoms with Crippen LogP contribution in [0.1, 0.15) is 21.7 Å². The van der Waals surface area contributed by atoms with Gasteiger partial charge in [0, 0.05) is 13.0 Å².